The lowest BCUT2D eigenvalue weighted by molar-refractivity contribution is -0.143. The number of esters is 1. The molecule has 0 heterocycles. The first kappa shape index (κ1) is 13.2. The summed E-state index contributed by atoms with van der Waals surface area (Å²) in [5.41, 5.74) is 3.26. The minimum Gasteiger partial charge on any atom is -0.466 e. The van der Waals surface area contributed by atoms with Gasteiger partial charge in [0.1, 0.15) is 8.07 Å². The van der Waals surface area contributed by atoms with Crippen LogP contribution in [0.4, 0.5) is 0 Å². The molecule has 2 nitrogen and oxygen atoms in total. The van der Waals surface area contributed by atoms with Crippen LogP contribution in [0.5, 0.6) is 0 Å². The molecule has 0 aromatic heterocycles. The maximum Gasteiger partial charge on any atom is 0.305 e. The molecule has 0 fully saturated rings. The van der Waals surface area contributed by atoms with Gasteiger partial charge in [0.05, 0.1) is 6.61 Å². The molecular weight excluding hydrogens is 192 g/mol. The molecule has 80 valence electrons. The van der Waals surface area contributed by atoms with Gasteiger partial charge in [0.2, 0.25) is 0 Å². The molecule has 0 aliphatic rings. The number of ether oxygens (including phenoxy) is 1. The molecule has 0 bridgehead atoms. The van der Waals surface area contributed by atoms with Crippen LogP contribution in [0.25, 0.3) is 0 Å². The van der Waals surface area contributed by atoms with Crippen LogP contribution in [0.2, 0.25) is 19.6 Å². The van der Waals surface area contributed by atoms with Crippen LogP contribution >= 0.6 is 0 Å². The summed E-state index contributed by atoms with van der Waals surface area (Å²) in [6, 6.07) is 0. The molecule has 0 aromatic carbocycles. The third-order valence-corrected chi connectivity index (χ3v) is 2.38. The van der Waals surface area contributed by atoms with Crippen LogP contribution in [0.1, 0.15) is 26.2 Å². The Labute approximate surface area is 88.0 Å². The lowest BCUT2D eigenvalue weighted by Crippen LogP contribution is -2.16. The molecule has 0 radical (unpaired) electrons. The second-order valence-electron chi connectivity index (χ2n) is 4.21. The molecule has 0 atom stereocenters. The van der Waals surface area contributed by atoms with Gasteiger partial charge in [-0.3, -0.25) is 4.79 Å². The topological polar surface area (TPSA) is 26.3 Å². The van der Waals surface area contributed by atoms with Crippen molar-refractivity contribution in [1.82, 2.24) is 0 Å². The number of carbonyl (C=O) groups excluding carboxylic acids is 1. The van der Waals surface area contributed by atoms with Crippen LogP contribution in [0.3, 0.4) is 0 Å². The second-order valence-corrected chi connectivity index (χ2v) is 8.96. The van der Waals surface area contributed by atoms with E-state index < -0.39 is 8.07 Å². The summed E-state index contributed by atoms with van der Waals surface area (Å²) in [7, 11) is -1.23. The Kier molecular flexibility index (Phi) is 6.31. The zero-order valence-electron chi connectivity index (χ0n) is 9.64. The Bertz CT molecular complexity index is 230. The van der Waals surface area contributed by atoms with E-state index in [1.807, 2.05) is 6.92 Å². The van der Waals surface area contributed by atoms with Gasteiger partial charge in [-0.15, -0.1) is 11.5 Å². The van der Waals surface area contributed by atoms with Crippen LogP contribution in [0.15, 0.2) is 0 Å². The predicted molar refractivity (Wildman–Crippen MR) is 61.6 cm³/mol. The maximum atomic E-state index is 10.9. The standard InChI is InChI=1S/C11H20O2Si/c1-5-13-11(12)9-7-6-8-10-14(2,3)4/h5-7,9H2,1-4H3. The minimum atomic E-state index is -1.23. The predicted octanol–water partition coefficient (Wildman–Crippen LogP) is 2.60. The number of carbonyl (C=O) groups is 1. The Hall–Kier alpha value is -0.753. The van der Waals surface area contributed by atoms with Crippen molar-refractivity contribution in [3.63, 3.8) is 0 Å². The van der Waals surface area contributed by atoms with Crippen molar-refractivity contribution in [3.05, 3.63) is 0 Å². The molecule has 0 aliphatic carbocycles. The summed E-state index contributed by atoms with van der Waals surface area (Å²) in [5.74, 6) is 3.02. The molecular formula is C11H20O2Si. The Morgan fingerprint density at radius 1 is 1.36 bits per heavy atom. The number of hydrogen-bond acceptors (Lipinski definition) is 2. The lowest BCUT2D eigenvalue weighted by atomic mass is 10.2. The molecule has 0 aliphatic heterocycles. The Morgan fingerprint density at radius 3 is 2.50 bits per heavy atom. The average molecular weight is 212 g/mol. The zero-order chi connectivity index (χ0) is 11.0. The third-order valence-electron chi connectivity index (χ3n) is 1.45. The highest BCUT2D eigenvalue weighted by Gasteiger charge is 2.07. The van der Waals surface area contributed by atoms with Gasteiger partial charge < -0.3 is 4.74 Å². The van der Waals surface area contributed by atoms with E-state index in [4.69, 9.17) is 4.74 Å². The van der Waals surface area contributed by atoms with Crippen molar-refractivity contribution in [1.29, 1.82) is 0 Å². The summed E-state index contributed by atoms with van der Waals surface area (Å²) in [5, 5.41) is 0. The van der Waals surface area contributed by atoms with E-state index in [-0.39, 0.29) is 5.97 Å². The van der Waals surface area contributed by atoms with Gasteiger partial charge >= 0.3 is 5.97 Å². The summed E-state index contributed by atoms with van der Waals surface area (Å²) in [6.45, 7) is 8.93. The van der Waals surface area contributed by atoms with Crippen LogP contribution < -0.4 is 0 Å². The van der Waals surface area contributed by atoms with Gasteiger partial charge in [-0.25, -0.2) is 0 Å². The molecule has 0 saturated heterocycles. The Balaban J connectivity index is 3.55. The third kappa shape index (κ3) is 9.34. The smallest absolute Gasteiger partial charge is 0.305 e. The Morgan fingerprint density at radius 2 is 2.00 bits per heavy atom. The fourth-order valence-corrected chi connectivity index (χ4v) is 1.54. The van der Waals surface area contributed by atoms with E-state index in [1.54, 1.807) is 0 Å². The van der Waals surface area contributed by atoms with Crippen molar-refractivity contribution in [2.45, 2.75) is 45.8 Å². The van der Waals surface area contributed by atoms with E-state index in [1.165, 1.54) is 0 Å². The highest BCUT2D eigenvalue weighted by atomic mass is 28.3. The molecule has 0 saturated carbocycles. The largest absolute Gasteiger partial charge is 0.466 e. The fourth-order valence-electron chi connectivity index (χ4n) is 0.882. The van der Waals surface area contributed by atoms with Gasteiger partial charge in [0.25, 0.3) is 0 Å². The summed E-state index contributed by atoms with van der Waals surface area (Å²) in [6.07, 6.45) is 2.12. The van der Waals surface area contributed by atoms with Crippen LogP contribution in [0, 0.1) is 11.5 Å². The normalized spacial score (nSPS) is 10.3. The van der Waals surface area contributed by atoms with Crippen molar-refractivity contribution in [2.24, 2.45) is 0 Å². The molecule has 0 unspecified atom stereocenters. The molecule has 0 aromatic rings. The number of hydrogen-bond donors (Lipinski definition) is 0. The molecule has 0 N–H and O–H groups in total. The lowest BCUT2D eigenvalue weighted by Gasteiger charge is -2.03. The second kappa shape index (κ2) is 6.66. The first-order chi connectivity index (χ1) is 6.45. The highest BCUT2D eigenvalue weighted by molar-refractivity contribution is 6.83. The fraction of sp³-hybridized carbons (Fsp3) is 0.727. The van der Waals surface area contributed by atoms with E-state index in [0.29, 0.717) is 13.0 Å². The summed E-state index contributed by atoms with van der Waals surface area (Å²) >= 11 is 0. The molecule has 14 heavy (non-hydrogen) atoms. The van der Waals surface area contributed by atoms with Crippen LogP contribution in [-0.2, 0) is 9.53 Å². The SMILES string of the molecule is CCOC(=O)CCCC#C[Si](C)(C)C. The number of unbranched alkanes of at least 4 members (excludes halogenated alkanes) is 1. The monoisotopic (exact) mass is 212 g/mol. The zero-order valence-corrected chi connectivity index (χ0v) is 10.6. The summed E-state index contributed by atoms with van der Waals surface area (Å²) in [4.78, 5) is 10.9. The van der Waals surface area contributed by atoms with Gasteiger partial charge in [-0.05, 0) is 13.3 Å². The van der Waals surface area contributed by atoms with Crippen molar-refractivity contribution >= 4 is 14.0 Å². The van der Waals surface area contributed by atoms with Gasteiger partial charge in [-0.1, -0.05) is 19.6 Å². The summed E-state index contributed by atoms with van der Waals surface area (Å²) < 4.78 is 4.81. The molecule has 0 amide bonds. The van der Waals surface area contributed by atoms with Crippen LogP contribution in [-0.4, -0.2) is 20.7 Å². The van der Waals surface area contributed by atoms with Crippen molar-refractivity contribution in [2.75, 3.05) is 6.61 Å². The molecule has 0 spiro atoms. The molecule has 0 rings (SSSR count). The quantitative estimate of drug-likeness (QED) is 0.310. The van der Waals surface area contributed by atoms with Gasteiger partial charge in [0.15, 0.2) is 0 Å². The minimum absolute atomic E-state index is 0.109. The molecule has 3 heteroatoms. The van der Waals surface area contributed by atoms with Gasteiger partial charge in [-0.2, -0.15) is 0 Å². The van der Waals surface area contributed by atoms with Gasteiger partial charge in [0, 0.05) is 12.8 Å². The van der Waals surface area contributed by atoms with Crippen molar-refractivity contribution < 1.29 is 9.53 Å². The average Bonchev–Trinajstić information content (AvgIpc) is 2.02. The maximum absolute atomic E-state index is 10.9. The van der Waals surface area contributed by atoms with E-state index >= 15 is 0 Å². The number of rotatable bonds is 4. The van der Waals surface area contributed by atoms with Crippen molar-refractivity contribution in [3.8, 4) is 11.5 Å². The van der Waals surface area contributed by atoms with E-state index in [9.17, 15) is 4.79 Å². The van der Waals surface area contributed by atoms with E-state index in [0.717, 1.165) is 12.8 Å². The van der Waals surface area contributed by atoms with E-state index in [2.05, 4.69) is 31.1 Å². The first-order valence-electron chi connectivity index (χ1n) is 5.11. The highest BCUT2D eigenvalue weighted by Crippen LogP contribution is 1.99. The first-order valence-corrected chi connectivity index (χ1v) is 8.61.